The van der Waals surface area contributed by atoms with Crippen LogP contribution in [0.1, 0.15) is 49.0 Å². The molecule has 0 radical (unpaired) electrons. The maximum atomic E-state index is 12.4. The topological polar surface area (TPSA) is 49.4 Å². The van der Waals surface area contributed by atoms with Gasteiger partial charge in [-0.25, -0.2) is 0 Å². The Balaban J connectivity index is 1.99. The number of carbonyl (C=O) groups is 2. The fraction of sp³-hybridized carbons (Fsp3) is 0.500. The van der Waals surface area contributed by atoms with Crippen LogP contribution in [0.2, 0.25) is 0 Å². The smallest absolute Gasteiger partial charge is 0.253 e. The van der Waals surface area contributed by atoms with E-state index in [2.05, 4.69) is 19.2 Å². The van der Waals surface area contributed by atoms with Gasteiger partial charge in [-0.1, -0.05) is 26.0 Å². The van der Waals surface area contributed by atoms with Gasteiger partial charge in [0.25, 0.3) is 5.91 Å². The summed E-state index contributed by atoms with van der Waals surface area (Å²) < 4.78 is 0. The third-order valence-electron chi connectivity index (χ3n) is 3.71. The van der Waals surface area contributed by atoms with Crippen LogP contribution in [0.25, 0.3) is 0 Å². The molecule has 0 bridgehead atoms. The summed E-state index contributed by atoms with van der Waals surface area (Å²) in [5.74, 6) is 0.480. The Labute approximate surface area is 120 Å². The Bertz CT molecular complexity index is 494. The first-order valence-electron chi connectivity index (χ1n) is 7.13. The van der Waals surface area contributed by atoms with Crippen LogP contribution in [0, 0.1) is 0 Å². The number of carbonyl (C=O) groups excluding carboxylic acids is 2. The van der Waals surface area contributed by atoms with Gasteiger partial charge in [0, 0.05) is 31.6 Å². The molecule has 1 aromatic carbocycles. The van der Waals surface area contributed by atoms with Crippen molar-refractivity contribution < 1.29 is 9.59 Å². The molecule has 0 aromatic heterocycles. The highest BCUT2D eigenvalue weighted by Gasteiger charge is 2.27. The van der Waals surface area contributed by atoms with Crippen molar-refractivity contribution in [3.63, 3.8) is 0 Å². The Kier molecular flexibility index (Phi) is 4.42. The number of nitrogens with one attached hydrogen (secondary N) is 1. The highest BCUT2D eigenvalue weighted by Crippen LogP contribution is 2.17. The van der Waals surface area contributed by atoms with E-state index in [9.17, 15) is 9.59 Å². The van der Waals surface area contributed by atoms with Gasteiger partial charge in [0.05, 0.1) is 0 Å². The maximum absolute atomic E-state index is 12.4. The fourth-order valence-electron chi connectivity index (χ4n) is 2.54. The van der Waals surface area contributed by atoms with Crippen molar-refractivity contribution in [3.05, 3.63) is 35.4 Å². The average molecular weight is 274 g/mol. The minimum absolute atomic E-state index is 0.0365. The summed E-state index contributed by atoms with van der Waals surface area (Å²) in [5, 5.41) is 2.87. The zero-order valence-corrected chi connectivity index (χ0v) is 12.3. The lowest BCUT2D eigenvalue weighted by molar-refractivity contribution is -0.119. The predicted molar refractivity (Wildman–Crippen MR) is 78.7 cm³/mol. The molecule has 4 heteroatoms. The van der Waals surface area contributed by atoms with Crippen molar-refractivity contribution >= 4 is 11.8 Å². The summed E-state index contributed by atoms with van der Waals surface area (Å²) in [7, 11) is 0. The van der Waals surface area contributed by atoms with Crippen molar-refractivity contribution in [2.75, 3.05) is 13.1 Å². The molecule has 0 aliphatic carbocycles. The van der Waals surface area contributed by atoms with Gasteiger partial charge in [-0.2, -0.15) is 0 Å². The fourth-order valence-corrected chi connectivity index (χ4v) is 2.54. The van der Waals surface area contributed by atoms with Gasteiger partial charge < -0.3 is 10.2 Å². The number of hydrogen-bond donors (Lipinski definition) is 1. The van der Waals surface area contributed by atoms with E-state index in [-0.39, 0.29) is 17.9 Å². The van der Waals surface area contributed by atoms with E-state index in [0.29, 0.717) is 19.0 Å². The molecule has 0 saturated carbocycles. The Morgan fingerprint density at radius 1 is 1.25 bits per heavy atom. The molecule has 1 aliphatic rings. The van der Waals surface area contributed by atoms with Crippen LogP contribution in [-0.4, -0.2) is 35.8 Å². The van der Waals surface area contributed by atoms with Gasteiger partial charge in [-0.05, 0) is 30.0 Å². The molecule has 108 valence electrons. The van der Waals surface area contributed by atoms with E-state index in [1.807, 2.05) is 29.2 Å². The van der Waals surface area contributed by atoms with E-state index in [0.717, 1.165) is 12.0 Å². The molecule has 1 fully saturated rings. The third-order valence-corrected chi connectivity index (χ3v) is 3.71. The first-order valence-corrected chi connectivity index (χ1v) is 7.13. The van der Waals surface area contributed by atoms with Crippen LogP contribution in [0.5, 0.6) is 0 Å². The Hall–Kier alpha value is -1.84. The Morgan fingerprint density at radius 2 is 1.90 bits per heavy atom. The van der Waals surface area contributed by atoms with Crippen LogP contribution in [0.15, 0.2) is 24.3 Å². The van der Waals surface area contributed by atoms with Crippen LogP contribution >= 0.6 is 0 Å². The molecule has 2 amide bonds. The van der Waals surface area contributed by atoms with Crippen LogP contribution < -0.4 is 5.32 Å². The lowest BCUT2D eigenvalue weighted by atomic mass is 10.0. The monoisotopic (exact) mass is 274 g/mol. The second kappa shape index (κ2) is 6.07. The summed E-state index contributed by atoms with van der Waals surface area (Å²) in [6.45, 7) is 7.08. The van der Waals surface area contributed by atoms with E-state index in [4.69, 9.17) is 0 Å². The highest BCUT2D eigenvalue weighted by atomic mass is 16.2. The van der Waals surface area contributed by atoms with Crippen molar-refractivity contribution in [2.24, 2.45) is 0 Å². The van der Waals surface area contributed by atoms with Gasteiger partial charge in [0.1, 0.15) is 0 Å². The molecule has 1 atom stereocenters. The molecule has 1 N–H and O–H groups in total. The summed E-state index contributed by atoms with van der Waals surface area (Å²) in [4.78, 5) is 25.2. The quantitative estimate of drug-likeness (QED) is 0.918. The number of hydrogen-bond acceptors (Lipinski definition) is 2. The van der Waals surface area contributed by atoms with Gasteiger partial charge in [-0.15, -0.1) is 0 Å². The molecule has 20 heavy (non-hydrogen) atoms. The molecule has 1 aromatic rings. The number of nitrogens with zero attached hydrogens (tertiary/aromatic N) is 1. The molecular formula is C16H22N2O2. The molecular weight excluding hydrogens is 252 g/mol. The van der Waals surface area contributed by atoms with Gasteiger partial charge >= 0.3 is 0 Å². The second-order valence-corrected chi connectivity index (χ2v) is 5.71. The molecule has 1 saturated heterocycles. The predicted octanol–water partition coefficient (Wildman–Crippen LogP) is 2.16. The number of likely N-dealkylation sites (tertiary alicyclic amines) is 1. The van der Waals surface area contributed by atoms with Crippen molar-refractivity contribution in [2.45, 2.75) is 39.2 Å². The van der Waals surface area contributed by atoms with E-state index in [1.54, 1.807) is 0 Å². The zero-order chi connectivity index (χ0) is 14.7. The normalized spacial score (nSPS) is 18.4. The molecule has 1 aliphatic heterocycles. The number of benzene rings is 1. The minimum atomic E-state index is -0.0365. The van der Waals surface area contributed by atoms with Crippen molar-refractivity contribution in [1.29, 1.82) is 0 Å². The van der Waals surface area contributed by atoms with Gasteiger partial charge in [0.15, 0.2) is 0 Å². The standard InChI is InChI=1S/C16H22N2O2/c1-11(2)13-4-6-14(7-5-13)16(20)18-9-8-15(10-18)17-12(3)19/h4-7,11,15H,8-10H2,1-3H3,(H,17,19)/t15-/m0/s1. The highest BCUT2D eigenvalue weighted by molar-refractivity contribution is 5.94. The van der Waals surface area contributed by atoms with E-state index < -0.39 is 0 Å². The average Bonchev–Trinajstić information content (AvgIpc) is 2.85. The SMILES string of the molecule is CC(=O)N[C@H]1CCN(C(=O)c2ccc(C(C)C)cc2)C1. The summed E-state index contributed by atoms with van der Waals surface area (Å²) in [6, 6.07) is 7.90. The van der Waals surface area contributed by atoms with E-state index >= 15 is 0 Å². The second-order valence-electron chi connectivity index (χ2n) is 5.71. The lowest BCUT2D eigenvalue weighted by Crippen LogP contribution is -2.37. The Morgan fingerprint density at radius 3 is 2.45 bits per heavy atom. The van der Waals surface area contributed by atoms with Crippen molar-refractivity contribution in [1.82, 2.24) is 10.2 Å². The summed E-state index contributed by atoms with van der Waals surface area (Å²) in [6.07, 6.45) is 0.829. The molecule has 4 nitrogen and oxygen atoms in total. The molecule has 2 rings (SSSR count). The number of rotatable bonds is 3. The van der Waals surface area contributed by atoms with Crippen LogP contribution in [-0.2, 0) is 4.79 Å². The molecule has 0 unspecified atom stereocenters. The summed E-state index contributed by atoms with van der Waals surface area (Å²) >= 11 is 0. The number of amides is 2. The van der Waals surface area contributed by atoms with Crippen LogP contribution in [0.4, 0.5) is 0 Å². The van der Waals surface area contributed by atoms with Gasteiger partial charge in [0.2, 0.25) is 5.91 Å². The van der Waals surface area contributed by atoms with Crippen molar-refractivity contribution in [3.8, 4) is 0 Å². The largest absolute Gasteiger partial charge is 0.352 e. The first-order chi connectivity index (χ1) is 9.47. The third kappa shape index (κ3) is 3.38. The van der Waals surface area contributed by atoms with E-state index in [1.165, 1.54) is 12.5 Å². The molecule has 0 spiro atoms. The van der Waals surface area contributed by atoms with Gasteiger partial charge in [-0.3, -0.25) is 9.59 Å². The molecule has 1 heterocycles. The lowest BCUT2D eigenvalue weighted by Gasteiger charge is -2.17. The first kappa shape index (κ1) is 14.6. The minimum Gasteiger partial charge on any atom is -0.352 e. The summed E-state index contributed by atoms with van der Waals surface area (Å²) in [5.41, 5.74) is 1.96. The zero-order valence-electron chi connectivity index (χ0n) is 12.3. The van der Waals surface area contributed by atoms with Crippen LogP contribution in [0.3, 0.4) is 0 Å². The maximum Gasteiger partial charge on any atom is 0.253 e.